The van der Waals surface area contributed by atoms with Crippen molar-refractivity contribution in [2.24, 2.45) is 7.05 Å². The highest BCUT2D eigenvalue weighted by molar-refractivity contribution is 5.82. The van der Waals surface area contributed by atoms with Gasteiger partial charge in [-0.05, 0) is 0 Å². The SMILES string of the molecule is CC(=O)NC(Cn1cnc2c(cnn2C)c1=O)C(=O)O. The second kappa shape index (κ2) is 5.11. The van der Waals surface area contributed by atoms with E-state index in [1.165, 1.54) is 24.1 Å². The topological polar surface area (TPSA) is 119 Å². The summed E-state index contributed by atoms with van der Waals surface area (Å²) in [5.74, 6) is -1.71. The van der Waals surface area contributed by atoms with Crippen LogP contribution in [0.25, 0.3) is 11.0 Å². The van der Waals surface area contributed by atoms with Crippen LogP contribution in [-0.2, 0) is 23.2 Å². The fourth-order valence-corrected chi connectivity index (χ4v) is 1.82. The summed E-state index contributed by atoms with van der Waals surface area (Å²) >= 11 is 0. The first-order valence-electron chi connectivity index (χ1n) is 5.77. The first kappa shape index (κ1) is 13.7. The summed E-state index contributed by atoms with van der Waals surface area (Å²) in [6.45, 7) is 1.01. The van der Waals surface area contributed by atoms with Crippen LogP contribution < -0.4 is 10.9 Å². The van der Waals surface area contributed by atoms with Crippen molar-refractivity contribution >= 4 is 22.9 Å². The molecule has 0 aliphatic carbocycles. The van der Waals surface area contributed by atoms with Crippen molar-refractivity contribution in [3.63, 3.8) is 0 Å². The van der Waals surface area contributed by atoms with Crippen molar-refractivity contribution in [2.75, 3.05) is 0 Å². The Labute approximate surface area is 112 Å². The van der Waals surface area contributed by atoms with Crippen molar-refractivity contribution in [1.29, 1.82) is 0 Å². The zero-order valence-corrected chi connectivity index (χ0v) is 10.9. The van der Waals surface area contributed by atoms with Gasteiger partial charge < -0.3 is 10.4 Å². The Bertz CT molecular complexity index is 732. The molecule has 2 aromatic rings. The van der Waals surface area contributed by atoms with Gasteiger partial charge in [-0.2, -0.15) is 5.10 Å². The quantitative estimate of drug-likeness (QED) is 0.719. The lowest BCUT2D eigenvalue weighted by molar-refractivity contribution is -0.141. The number of aryl methyl sites for hydroxylation is 1. The molecule has 2 rings (SSSR count). The highest BCUT2D eigenvalue weighted by Gasteiger charge is 2.20. The van der Waals surface area contributed by atoms with Gasteiger partial charge in [0.2, 0.25) is 5.91 Å². The minimum absolute atomic E-state index is 0.203. The standard InChI is InChI=1S/C11H13N5O4/c1-6(17)14-8(11(19)20)4-16-5-12-9-7(10(16)18)3-13-15(9)2/h3,5,8H,4H2,1-2H3,(H,14,17)(H,19,20). The number of carboxylic acid groups (broad SMARTS) is 1. The smallest absolute Gasteiger partial charge is 0.328 e. The maximum atomic E-state index is 12.1. The molecular formula is C11H13N5O4. The van der Waals surface area contributed by atoms with Gasteiger partial charge in [0.1, 0.15) is 17.8 Å². The molecule has 0 saturated carbocycles. The summed E-state index contributed by atoms with van der Waals surface area (Å²) in [6, 6.07) is -1.19. The maximum Gasteiger partial charge on any atom is 0.328 e. The van der Waals surface area contributed by atoms with Gasteiger partial charge >= 0.3 is 5.97 Å². The molecule has 2 aromatic heterocycles. The Morgan fingerprint density at radius 2 is 2.20 bits per heavy atom. The van der Waals surface area contributed by atoms with Crippen LogP contribution in [0.5, 0.6) is 0 Å². The number of rotatable bonds is 4. The number of amides is 1. The maximum absolute atomic E-state index is 12.1. The van der Waals surface area contributed by atoms with Crippen molar-refractivity contribution in [3.8, 4) is 0 Å². The molecule has 0 radical (unpaired) electrons. The van der Waals surface area contributed by atoms with E-state index in [-0.39, 0.29) is 6.54 Å². The number of carboxylic acids is 1. The van der Waals surface area contributed by atoms with Crippen molar-refractivity contribution < 1.29 is 14.7 Å². The summed E-state index contributed by atoms with van der Waals surface area (Å²) in [4.78, 5) is 38.2. The van der Waals surface area contributed by atoms with E-state index in [1.54, 1.807) is 7.05 Å². The van der Waals surface area contributed by atoms with E-state index in [9.17, 15) is 14.4 Å². The second-order valence-corrected chi connectivity index (χ2v) is 4.30. The lowest BCUT2D eigenvalue weighted by atomic mass is 10.3. The molecule has 0 aliphatic heterocycles. The highest BCUT2D eigenvalue weighted by Crippen LogP contribution is 2.03. The molecule has 1 amide bonds. The first-order valence-corrected chi connectivity index (χ1v) is 5.77. The number of carbonyl (C=O) groups excluding carboxylic acids is 1. The van der Waals surface area contributed by atoms with Crippen LogP contribution >= 0.6 is 0 Å². The van der Waals surface area contributed by atoms with Crippen molar-refractivity contribution in [3.05, 3.63) is 22.9 Å². The number of nitrogens with one attached hydrogen (secondary N) is 1. The summed E-state index contributed by atoms with van der Waals surface area (Å²) in [6.07, 6.45) is 2.61. The average molecular weight is 279 g/mol. The van der Waals surface area contributed by atoms with Crippen molar-refractivity contribution in [1.82, 2.24) is 24.6 Å². The fourth-order valence-electron chi connectivity index (χ4n) is 1.82. The van der Waals surface area contributed by atoms with Crippen LogP contribution in [0.3, 0.4) is 0 Å². The molecule has 2 N–H and O–H groups in total. The van der Waals surface area contributed by atoms with Gasteiger partial charge in [0.05, 0.1) is 12.7 Å². The largest absolute Gasteiger partial charge is 0.480 e. The van der Waals surface area contributed by atoms with Crippen LogP contribution in [0, 0.1) is 0 Å². The number of hydrogen-bond donors (Lipinski definition) is 2. The minimum Gasteiger partial charge on any atom is -0.480 e. The van der Waals surface area contributed by atoms with Gasteiger partial charge in [0.25, 0.3) is 5.56 Å². The lowest BCUT2D eigenvalue weighted by Crippen LogP contribution is -2.44. The third kappa shape index (κ3) is 2.51. The molecule has 0 bridgehead atoms. The molecule has 0 saturated heterocycles. The highest BCUT2D eigenvalue weighted by atomic mass is 16.4. The molecule has 106 valence electrons. The Balaban J connectivity index is 2.37. The van der Waals surface area contributed by atoms with E-state index in [2.05, 4.69) is 15.4 Å². The van der Waals surface area contributed by atoms with E-state index in [0.717, 1.165) is 4.57 Å². The molecule has 0 spiro atoms. The molecule has 1 atom stereocenters. The number of nitrogens with zero attached hydrogens (tertiary/aromatic N) is 4. The van der Waals surface area contributed by atoms with Gasteiger partial charge in [-0.25, -0.2) is 9.78 Å². The van der Waals surface area contributed by atoms with Crippen LogP contribution in [0.2, 0.25) is 0 Å². The fraction of sp³-hybridized carbons (Fsp3) is 0.364. The monoisotopic (exact) mass is 279 g/mol. The number of carbonyl (C=O) groups is 2. The molecule has 2 heterocycles. The molecule has 0 aromatic carbocycles. The van der Waals surface area contributed by atoms with E-state index < -0.39 is 23.5 Å². The summed E-state index contributed by atoms with van der Waals surface area (Å²) in [5, 5.41) is 15.5. The van der Waals surface area contributed by atoms with Gasteiger partial charge in [-0.3, -0.25) is 18.8 Å². The van der Waals surface area contributed by atoms with Crippen LogP contribution in [0.15, 0.2) is 17.3 Å². The van der Waals surface area contributed by atoms with E-state index in [1.807, 2.05) is 0 Å². The zero-order valence-electron chi connectivity index (χ0n) is 10.9. The molecule has 1 unspecified atom stereocenters. The third-order valence-electron chi connectivity index (χ3n) is 2.77. The second-order valence-electron chi connectivity index (χ2n) is 4.30. The average Bonchev–Trinajstić information content (AvgIpc) is 2.73. The Kier molecular flexibility index (Phi) is 3.51. The van der Waals surface area contributed by atoms with E-state index in [0.29, 0.717) is 11.0 Å². The van der Waals surface area contributed by atoms with Gasteiger partial charge in [-0.15, -0.1) is 0 Å². The van der Waals surface area contributed by atoms with Crippen LogP contribution in [0.4, 0.5) is 0 Å². The van der Waals surface area contributed by atoms with Gasteiger partial charge in [0.15, 0.2) is 5.65 Å². The van der Waals surface area contributed by atoms with Crippen LogP contribution in [0.1, 0.15) is 6.92 Å². The summed E-state index contributed by atoms with van der Waals surface area (Å²) < 4.78 is 2.59. The van der Waals surface area contributed by atoms with Gasteiger partial charge in [-0.1, -0.05) is 0 Å². The normalized spacial score (nSPS) is 12.3. The number of fused-ring (bicyclic) bond motifs is 1. The number of aromatic nitrogens is 4. The molecule has 0 fully saturated rings. The minimum atomic E-state index is -1.22. The predicted octanol–water partition coefficient (Wildman–Crippen LogP) is -1.28. The number of aliphatic carboxylic acids is 1. The molecule has 9 nitrogen and oxygen atoms in total. The number of hydrogen-bond acceptors (Lipinski definition) is 5. The molecular weight excluding hydrogens is 266 g/mol. The summed E-state index contributed by atoms with van der Waals surface area (Å²) in [5.41, 5.74) is 0.0114. The Morgan fingerprint density at radius 3 is 2.80 bits per heavy atom. The Hall–Kier alpha value is -2.71. The molecule has 0 aliphatic rings. The third-order valence-corrected chi connectivity index (χ3v) is 2.77. The van der Waals surface area contributed by atoms with Crippen molar-refractivity contribution in [2.45, 2.75) is 19.5 Å². The van der Waals surface area contributed by atoms with Gasteiger partial charge in [0, 0.05) is 14.0 Å². The summed E-state index contributed by atoms with van der Waals surface area (Å²) in [7, 11) is 1.65. The first-order chi connectivity index (χ1) is 9.40. The van der Waals surface area contributed by atoms with E-state index in [4.69, 9.17) is 5.11 Å². The Morgan fingerprint density at radius 1 is 1.50 bits per heavy atom. The molecule has 20 heavy (non-hydrogen) atoms. The lowest BCUT2D eigenvalue weighted by Gasteiger charge is -2.14. The molecule has 9 heteroatoms. The van der Waals surface area contributed by atoms with Crippen LogP contribution in [-0.4, -0.2) is 42.4 Å². The van der Waals surface area contributed by atoms with E-state index >= 15 is 0 Å². The predicted molar refractivity (Wildman–Crippen MR) is 68.0 cm³/mol. The zero-order chi connectivity index (χ0) is 14.9.